The van der Waals surface area contributed by atoms with Gasteiger partial charge in [0.2, 0.25) is 0 Å². The lowest BCUT2D eigenvalue weighted by atomic mass is 10.2. The lowest BCUT2D eigenvalue weighted by Crippen LogP contribution is -2.24. The standard InChI is InChI=1S/C10H21NO2S/c1-8(5-11)6-14(12)7-10-4-3-9(2)13-10/h8-10H,3-7,11H2,1-2H3. The fourth-order valence-electron chi connectivity index (χ4n) is 1.67. The monoisotopic (exact) mass is 219 g/mol. The number of ether oxygens (including phenoxy) is 1. The van der Waals surface area contributed by atoms with Gasteiger partial charge in [0.1, 0.15) is 0 Å². The van der Waals surface area contributed by atoms with Crippen molar-refractivity contribution in [3.05, 3.63) is 0 Å². The first-order valence-corrected chi connectivity index (χ1v) is 6.81. The highest BCUT2D eigenvalue weighted by molar-refractivity contribution is 7.85. The van der Waals surface area contributed by atoms with Gasteiger partial charge >= 0.3 is 0 Å². The molecule has 0 amide bonds. The summed E-state index contributed by atoms with van der Waals surface area (Å²) in [6, 6.07) is 0. The van der Waals surface area contributed by atoms with Gasteiger partial charge in [-0.05, 0) is 32.2 Å². The fraction of sp³-hybridized carbons (Fsp3) is 1.00. The summed E-state index contributed by atoms with van der Waals surface area (Å²) in [4.78, 5) is 0. The van der Waals surface area contributed by atoms with Crippen molar-refractivity contribution in [2.75, 3.05) is 18.1 Å². The molecule has 4 unspecified atom stereocenters. The molecule has 0 bridgehead atoms. The van der Waals surface area contributed by atoms with Gasteiger partial charge < -0.3 is 10.5 Å². The Labute approximate surface area is 88.8 Å². The van der Waals surface area contributed by atoms with Gasteiger partial charge in [-0.15, -0.1) is 0 Å². The number of hydrogen-bond acceptors (Lipinski definition) is 3. The Morgan fingerprint density at radius 3 is 2.79 bits per heavy atom. The summed E-state index contributed by atoms with van der Waals surface area (Å²) < 4.78 is 17.3. The number of nitrogens with two attached hydrogens (primary N) is 1. The zero-order chi connectivity index (χ0) is 10.6. The van der Waals surface area contributed by atoms with E-state index in [1.54, 1.807) is 0 Å². The van der Waals surface area contributed by atoms with E-state index in [4.69, 9.17) is 10.5 Å². The van der Waals surface area contributed by atoms with Crippen LogP contribution in [0, 0.1) is 5.92 Å². The molecule has 0 aliphatic carbocycles. The zero-order valence-corrected chi connectivity index (χ0v) is 9.89. The lowest BCUT2D eigenvalue weighted by Gasteiger charge is -2.12. The van der Waals surface area contributed by atoms with Crippen LogP contribution in [-0.2, 0) is 15.5 Å². The molecule has 1 aliphatic heterocycles. The van der Waals surface area contributed by atoms with Crippen molar-refractivity contribution >= 4 is 10.8 Å². The molecule has 0 radical (unpaired) electrons. The lowest BCUT2D eigenvalue weighted by molar-refractivity contribution is 0.0695. The van der Waals surface area contributed by atoms with Crippen molar-refractivity contribution in [3.8, 4) is 0 Å². The molecule has 1 rings (SSSR count). The van der Waals surface area contributed by atoms with Gasteiger partial charge in [-0.3, -0.25) is 4.21 Å². The summed E-state index contributed by atoms with van der Waals surface area (Å²) in [6.07, 6.45) is 2.73. The highest BCUT2D eigenvalue weighted by atomic mass is 32.2. The van der Waals surface area contributed by atoms with Crippen molar-refractivity contribution in [2.45, 2.75) is 38.9 Å². The largest absolute Gasteiger partial charge is 0.374 e. The van der Waals surface area contributed by atoms with Crippen LogP contribution >= 0.6 is 0 Å². The summed E-state index contributed by atoms with van der Waals surface area (Å²) in [5, 5.41) is 0. The molecule has 84 valence electrons. The van der Waals surface area contributed by atoms with Crippen molar-refractivity contribution in [1.29, 1.82) is 0 Å². The van der Waals surface area contributed by atoms with Gasteiger partial charge in [-0.1, -0.05) is 6.92 Å². The van der Waals surface area contributed by atoms with Gasteiger partial charge in [0, 0.05) is 22.3 Å². The average molecular weight is 219 g/mol. The molecule has 4 atom stereocenters. The maximum absolute atomic E-state index is 11.7. The van der Waals surface area contributed by atoms with Crippen LogP contribution in [0.25, 0.3) is 0 Å². The van der Waals surface area contributed by atoms with E-state index in [1.807, 2.05) is 6.92 Å². The molecule has 14 heavy (non-hydrogen) atoms. The van der Waals surface area contributed by atoms with Crippen LogP contribution in [0.3, 0.4) is 0 Å². The molecule has 1 fully saturated rings. The molecule has 0 aromatic rings. The van der Waals surface area contributed by atoms with Crippen molar-refractivity contribution in [2.24, 2.45) is 11.7 Å². The molecule has 1 saturated heterocycles. The van der Waals surface area contributed by atoms with E-state index >= 15 is 0 Å². The number of rotatable bonds is 5. The minimum Gasteiger partial charge on any atom is -0.374 e. The summed E-state index contributed by atoms with van der Waals surface area (Å²) in [5.74, 6) is 1.76. The van der Waals surface area contributed by atoms with E-state index < -0.39 is 10.8 Å². The Balaban J connectivity index is 2.20. The van der Waals surface area contributed by atoms with Gasteiger partial charge in [0.15, 0.2) is 0 Å². The van der Waals surface area contributed by atoms with Crippen LogP contribution in [0.4, 0.5) is 0 Å². The first kappa shape index (κ1) is 12.1. The third kappa shape index (κ3) is 4.07. The van der Waals surface area contributed by atoms with Crippen LogP contribution in [0.5, 0.6) is 0 Å². The second kappa shape index (κ2) is 5.83. The molecular formula is C10H21NO2S. The molecule has 2 N–H and O–H groups in total. The van der Waals surface area contributed by atoms with E-state index in [0.29, 0.717) is 30.1 Å². The molecule has 0 saturated carbocycles. The molecular weight excluding hydrogens is 198 g/mol. The van der Waals surface area contributed by atoms with Crippen LogP contribution in [0.15, 0.2) is 0 Å². The molecule has 0 spiro atoms. The van der Waals surface area contributed by atoms with Gasteiger partial charge in [0.25, 0.3) is 0 Å². The third-order valence-electron chi connectivity index (χ3n) is 2.56. The Hall–Kier alpha value is 0.0700. The maximum atomic E-state index is 11.7. The predicted molar refractivity (Wildman–Crippen MR) is 59.7 cm³/mol. The Kier molecular flexibility index (Phi) is 5.06. The Bertz CT molecular complexity index is 199. The van der Waals surface area contributed by atoms with Gasteiger partial charge in [0.05, 0.1) is 12.2 Å². The topological polar surface area (TPSA) is 52.3 Å². The fourth-order valence-corrected chi connectivity index (χ4v) is 3.24. The van der Waals surface area contributed by atoms with Crippen molar-refractivity contribution in [1.82, 2.24) is 0 Å². The molecule has 4 heteroatoms. The van der Waals surface area contributed by atoms with E-state index in [1.165, 1.54) is 0 Å². The molecule has 0 aromatic heterocycles. The second-order valence-electron chi connectivity index (χ2n) is 4.26. The summed E-state index contributed by atoms with van der Waals surface area (Å²) in [6.45, 7) is 4.73. The van der Waals surface area contributed by atoms with Gasteiger partial charge in [-0.2, -0.15) is 0 Å². The highest BCUT2D eigenvalue weighted by Crippen LogP contribution is 2.19. The Morgan fingerprint density at radius 1 is 1.57 bits per heavy atom. The minimum absolute atomic E-state index is 0.218. The molecule has 1 aliphatic rings. The second-order valence-corrected chi connectivity index (χ2v) is 5.81. The van der Waals surface area contributed by atoms with E-state index in [-0.39, 0.29) is 6.10 Å². The van der Waals surface area contributed by atoms with Crippen molar-refractivity contribution in [3.63, 3.8) is 0 Å². The third-order valence-corrected chi connectivity index (χ3v) is 4.25. The predicted octanol–water partition coefficient (Wildman–Crippen LogP) is 0.897. The van der Waals surface area contributed by atoms with E-state index in [2.05, 4.69) is 6.92 Å². The normalized spacial score (nSPS) is 31.6. The maximum Gasteiger partial charge on any atom is 0.0694 e. The van der Waals surface area contributed by atoms with Crippen LogP contribution in [-0.4, -0.2) is 34.5 Å². The molecule has 1 heterocycles. The van der Waals surface area contributed by atoms with E-state index in [0.717, 1.165) is 12.8 Å². The summed E-state index contributed by atoms with van der Waals surface area (Å²) in [5.41, 5.74) is 5.48. The van der Waals surface area contributed by atoms with Crippen LogP contribution in [0.2, 0.25) is 0 Å². The first-order valence-electron chi connectivity index (χ1n) is 5.32. The summed E-state index contributed by atoms with van der Waals surface area (Å²) >= 11 is 0. The van der Waals surface area contributed by atoms with Gasteiger partial charge in [-0.25, -0.2) is 0 Å². The summed E-state index contributed by atoms with van der Waals surface area (Å²) in [7, 11) is -0.760. The van der Waals surface area contributed by atoms with E-state index in [9.17, 15) is 4.21 Å². The number of hydrogen-bond donors (Lipinski definition) is 1. The van der Waals surface area contributed by atoms with Crippen molar-refractivity contribution < 1.29 is 8.95 Å². The zero-order valence-electron chi connectivity index (χ0n) is 9.07. The minimum atomic E-state index is -0.760. The SMILES string of the molecule is CC(CN)CS(=O)CC1CCC(C)O1. The Morgan fingerprint density at radius 2 is 2.29 bits per heavy atom. The molecule has 0 aromatic carbocycles. The molecule has 3 nitrogen and oxygen atoms in total. The van der Waals surface area contributed by atoms with Crippen LogP contribution in [0.1, 0.15) is 26.7 Å². The highest BCUT2D eigenvalue weighted by Gasteiger charge is 2.23. The smallest absolute Gasteiger partial charge is 0.0694 e. The average Bonchev–Trinajstić information content (AvgIpc) is 2.50. The quantitative estimate of drug-likeness (QED) is 0.747. The first-order chi connectivity index (χ1) is 6.61. The van der Waals surface area contributed by atoms with Crippen LogP contribution < -0.4 is 5.73 Å².